The molecule has 2 rings (SSSR count). The van der Waals surface area contributed by atoms with Gasteiger partial charge in [-0.1, -0.05) is 0 Å². The number of hydrogen-bond donors (Lipinski definition) is 1. The summed E-state index contributed by atoms with van der Waals surface area (Å²) in [7, 11) is 1.37. The summed E-state index contributed by atoms with van der Waals surface area (Å²) < 4.78 is 18.0. The van der Waals surface area contributed by atoms with E-state index in [4.69, 9.17) is 16.3 Å². The maximum absolute atomic E-state index is 13.2. The number of ether oxygens (including phenoxy) is 1. The molecule has 1 N–H and O–H groups in total. The van der Waals surface area contributed by atoms with Gasteiger partial charge in [0.1, 0.15) is 0 Å². The fourth-order valence-electron chi connectivity index (χ4n) is 1.71. The van der Waals surface area contributed by atoms with Crippen LogP contribution in [0.2, 0.25) is 0 Å². The zero-order valence-corrected chi connectivity index (χ0v) is 10.9. The van der Waals surface area contributed by atoms with Crippen LogP contribution in [0.1, 0.15) is 23.2 Å². The minimum absolute atomic E-state index is 0.0705. The van der Waals surface area contributed by atoms with E-state index in [1.165, 1.54) is 25.3 Å². The van der Waals surface area contributed by atoms with E-state index in [1.54, 1.807) is 0 Å². The van der Waals surface area contributed by atoms with Crippen molar-refractivity contribution in [2.45, 2.75) is 12.8 Å². The van der Waals surface area contributed by atoms with Crippen molar-refractivity contribution in [1.29, 1.82) is 0 Å². The van der Waals surface area contributed by atoms with E-state index in [1.807, 2.05) is 0 Å². The van der Waals surface area contributed by atoms with Crippen molar-refractivity contribution < 1.29 is 13.9 Å². The van der Waals surface area contributed by atoms with Crippen LogP contribution >= 0.6 is 11.6 Å². The van der Waals surface area contributed by atoms with E-state index < -0.39 is 5.82 Å². The van der Waals surface area contributed by atoms with Gasteiger partial charge in [-0.25, -0.2) is 4.39 Å². The summed E-state index contributed by atoms with van der Waals surface area (Å²) in [6.45, 7) is 0.565. The number of amides is 1. The number of carbonyl (C=O) groups is 1. The topological polar surface area (TPSA) is 38.3 Å². The molecule has 1 fully saturated rings. The highest BCUT2D eigenvalue weighted by molar-refractivity contribution is 6.18. The van der Waals surface area contributed by atoms with Gasteiger partial charge in [-0.3, -0.25) is 4.79 Å². The largest absolute Gasteiger partial charge is 0.494 e. The highest BCUT2D eigenvalue weighted by Crippen LogP contribution is 2.45. The lowest BCUT2D eigenvalue weighted by Crippen LogP contribution is -2.31. The third-order valence-electron chi connectivity index (χ3n) is 3.28. The molecule has 1 amide bonds. The maximum atomic E-state index is 13.2. The van der Waals surface area contributed by atoms with E-state index in [2.05, 4.69) is 5.32 Å². The van der Waals surface area contributed by atoms with Crippen LogP contribution in [-0.2, 0) is 0 Å². The van der Waals surface area contributed by atoms with Gasteiger partial charge in [-0.05, 0) is 31.0 Å². The Labute approximate surface area is 110 Å². The molecule has 0 unspecified atom stereocenters. The molecule has 1 aliphatic carbocycles. The Morgan fingerprint density at radius 1 is 1.56 bits per heavy atom. The number of carbonyl (C=O) groups excluding carboxylic acids is 1. The summed E-state index contributed by atoms with van der Waals surface area (Å²) in [6.07, 6.45) is 2.09. The van der Waals surface area contributed by atoms with Gasteiger partial charge in [0, 0.05) is 23.4 Å². The molecule has 0 bridgehead atoms. The number of nitrogens with one attached hydrogen (secondary N) is 1. The Balaban J connectivity index is 2.00. The van der Waals surface area contributed by atoms with Crippen LogP contribution in [0.15, 0.2) is 18.2 Å². The number of rotatable bonds is 5. The average molecular weight is 272 g/mol. The van der Waals surface area contributed by atoms with Crippen LogP contribution < -0.4 is 10.1 Å². The predicted octanol–water partition coefficient (Wildman–Crippen LogP) is 2.58. The Hall–Kier alpha value is -1.29. The molecule has 1 aliphatic rings. The fourth-order valence-corrected chi connectivity index (χ4v) is 2.07. The standard InChI is InChI=1S/C13H15ClFNO2/c1-18-11-6-9(2-3-10(11)15)12(17)16-8-13(7-14)4-5-13/h2-3,6H,4-5,7-8H2,1H3,(H,16,17). The first-order chi connectivity index (χ1) is 8.60. The Kier molecular flexibility index (Phi) is 3.76. The average Bonchev–Trinajstić information content (AvgIpc) is 3.17. The quantitative estimate of drug-likeness (QED) is 0.836. The van der Waals surface area contributed by atoms with E-state index in [0.29, 0.717) is 18.0 Å². The Morgan fingerprint density at radius 2 is 2.28 bits per heavy atom. The number of methoxy groups -OCH3 is 1. The summed E-state index contributed by atoms with van der Waals surface area (Å²) in [5.74, 6) is -0.0840. The SMILES string of the molecule is COc1cc(C(=O)NCC2(CCl)CC2)ccc1F. The van der Waals surface area contributed by atoms with Crippen LogP contribution in [-0.4, -0.2) is 25.4 Å². The van der Waals surface area contributed by atoms with Gasteiger partial charge in [-0.2, -0.15) is 0 Å². The molecule has 0 radical (unpaired) electrons. The van der Waals surface area contributed by atoms with Gasteiger partial charge in [0.15, 0.2) is 11.6 Å². The first-order valence-electron chi connectivity index (χ1n) is 5.78. The van der Waals surface area contributed by atoms with Crippen LogP contribution in [0.3, 0.4) is 0 Å². The second kappa shape index (κ2) is 5.14. The summed E-state index contributed by atoms with van der Waals surface area (Å²) in [4.78, 5) is 11.9. The highest BCUT2D eigenvalue weighted by atomic mass is 35.5. The van der Waals surface area contributed by atoms with Gasteiger partial charge >= 0.3 is 0 Å². The normalized spacial score (nSPS) is 16.2. The van der Waals surface area contributed by atoms with Crippen LogP contribution in [0.25, 0.3) is 0 Å². The maximum Gasteiger partial charge on any atom is 0.251 e. The monoisotopic (exact) mass is 271 g/mol. The molecule has 3 nitrogen and oxygen atoms in total. The first-order valence-corrected chi connectivity index (χ1v) is 6.31. The lowest BCUT2D eigenvalue weighted by atomic mass is 10.1. The summed E-state index contributed by atoms with van der Waals surface area (Å²) in [6, 6.07) is 4.06. The predicted molar refractivity (Wildman–Crippen MR) is 67.7 cm³/mol. The van der Waals surface area contributed by atoms with Crippen LogP contribution in [0.4, 0.5) is 4.39 Å². The zero-order chi connectivity index (χ0) is 13.2. The molecule has 1 saturated carbocycles. The van der Waals surface area contributed by atoms with Crippen LogP contribution in [0.5, 0.6) is 5.75 Å². The lowest BCUT2D eigenvalue weighted by molar-refractivity contribution is 0.0946. The smallest absolute Gasteiger partial charge is 0.251 e. The lowest BCUT2D eigenvalue weighted by Gasteiger charge is -2.12. The molecule has 0 spiro atoms. The number of halogens is 2. The Bertz CT molecular complexity index is 460. The van der Waals surface area contributed by atoms with Gasteiger partial charge in [0.25, 0.3) is 5.91 Å². The third kappa shape index (κ3) is 2.75. The molecule has 18 heavy (non-hydrogen) atoms. The first kappa shape index (κ1) is 13.1. The van der Waals surface area contributed by atoms with Crippen molar-refractivity contribution in [3.63, 3.8) is 0 Å². The molecule has 0 aliphatic heterocycles. The van der Waals surface area contributed by atoms with Gasteiger partial charge < -0.3 is 10.1 Å². The summed E-state index contributed by atoms with van der Waals surface area (Å²) in [5, 5.41) is 2.82. The van der Waals surface area contributed by atoms with Gasteiger partial charge in [0.05, 0.1) is 7.11 Å². The minimum Gasteiger partial charge on any atom is -0.494 e. The third-order valence-corrected chi connectivity index (χ3v) is 3.84. The summed E-state index contributed by atoms with van der Waals surface area (Å²) in [5.41, 5.74) is 0.458. The number of alkyl halides is 1. The zero-order valence-electron chi connectivity index (χ0n) is 10.1. The molecule has 0 aromatic heterocycles. The van der Waals surface area contributed by atoms with E-state index >= 15 is 0 Å². The number of benzene rings is 1. The molecular weight excluding hydrogens is 257 g/mol. The molecule has 0 atom stereocenters. The van der Waals surface area contributed by atoms with Crippen molar-refractivity contribution in [3.8, 4) is 5.75 Å². The molecule has 1 aromatic carbocycles. The van der Waals surface area contributed by atoms with Crippen molar-refractivity contribution in [2.24, 2.45) is 5.41 Å². The molecule has 0 heterocycles. The van der Waals surface area contributed by atoms with Crippen molar-refractivity contribution >= 4 is 17.5 Å². The second-order valence-electron chi connectivity index (χ2n) is 4.67. The van der Waals surface area contributed by atoms with Crippen LogP contribution in [0, 0.1) is 11.2 Å². The second-order valence-corrected chi connectivity index (χ2v) is 4.93. The molecule has 0 saturated heterocycles. The van der Waals surface area contributed by atoms with E-state index in [9.17, 15) is 9.18 Å². The summed E-state index contributed by atoms with van der Waals surface area (Å²) >= 11 is 5.83. The van der Waals surface area contributed by atoms with Crippen molar-refractivity contribution in [2.75, 3.05) is 19.5 Å². The molecule has 5 heteroatoms. The number of hydrogen-bond acceptors (Lipinski definition) is 2. The Morgan fingerprint density at radius 3 is 2.83 bits per heavy atom. The fraction of sp³-hybridized carbons (Fsp3) is 0.462. The van der Waals surface area contributed by atoms with Gasteiger partial charge in [0.2, 0.25) is 0 Å². The minimum atomic E-state index is -0.478. The van der Waals surface area contributed by atoms with Gasteiger partial charge in [-0.15, -0.1) is 11.6 Å². The molecule has 1 aromatic rings. The van der Waals surface area contributed by atoms with E-state index in [-0.39, 0.29) is 17.1 Å². The highest BCUT2D eigenvalue weighted by Gasteiger charge is 2.41. The van der Waals surface area contributed by atoms with E-state index in [0.717, 1.165) is 12.8 Å². The molecular formula is C13H15ClFNO2. The van der Waals surface area contributed by atoms with Crippen molar-refractivity contribution in [1.82, 2.24) is 5.32 Å². The van der Waals surface area contributed by atoms with Crippen molar-refractivity contribution in [3.05, 3.63) is 29.6 Å². The molecule has 98 valence electrons.